The van der Waals surface area contributed by atoms with Gasteiger partial charge in [0.2, 0.25) is 5.95 Å². The third-order valence-corrected chi connectivity index (χ3v) is 7.62. The van der Waals surface area contributed by atoms with Crippen molar-refractivity contribution >= 4 is 28.0 Å². The van der Waals surface area contributed by atoms with Crippen LogP contribution in [0.2, 0.25) is 0 Å². The van der Waals surface area contributed by atoms with Gasteiger partial charge in [0.05, 0.1) is 24.9 Å². The lowest BCUT2D eigenvalue weighted by molar-refractivity contribution is 0.415. The van der Waals surface area contributed by atoms with E-state index >= 15 is 0 Å². The fraction of sp³-hybridized carbons (Fsp3) is 0.444. The summed E-state index contributed by atoms with van der Waals surface area (Å²) >= 11 is 0. The van der Waals surface area contributed by atoms with E-state index in [0.29, 0.717) is 36.0 Å². The maximum atomic E-state index is 13.9. The molecule has 0 radical (unpaired) electrons. The largest absolute Gasteiger partial charge is 0.497 e. The molecule has 1 fully saturated rings. The molecule has 198 valence electrons. The van der Waals surface area contributed by atoms with Crippen LogP contribution in [0.5, 0.6) is 5.75 Å². The van der Waals surface area contributed by atoms with E-state index in [1.165, 1.54) is 9.13 Å². The Labute approximate surface area is 219 Å². The van der Waals surface area contributed by atoms with Gasteiger partial charge in [-0.2, -0.15) is 4.98 Å². The average molecular weight is 517 g/mol. The first kappa shape index (κ1) is 24.4. The number of hydrogen-bond donors (Lipinski definition) is 1. The van der Waals surface area contributed by atoms with E-state index in [-0.39, 0.29) is 12.6 Å². The summed E-state index contributed by atoms with van der Waals surface area (Å²) in [6.07, 6.45) is 7.47. The fourth-order valence-electron chi connectivity index (χ4n) is 5.73. The molecule has 11 heteroatoms. The van der Waals surface area contributed by atoms with E-state index in [2.05, 4.69) is 4.90 Å². The van der Waals surface area contributed by atoms with Crippen molar-refractivity contribution in [1.82, 2.24) is 28.7 Å². The van der Waals surface area contributed by atoms with Crippen LogP contribution in [0, 0.1) is 0 Å². The Hall–Kier alpha value is -3.99. The van der Waals surface area contributed by atoms with E-state index < -0.39 is 11.2 Å². The molecule has 1 unspecified atom stereocenters. The van der Waals surface area contributed by atoms with Gasteiger partial charge >= 0.3 is 5.69 Å². The summed E-state index contributed by atoms with van der Waals surface area (Å²) in [5.74, 6) is 1.82. The average Bonchev–Trinajstić information content (AvgIpc) is 3.51. The molecule has 0 amide bonds. The Morgan fingerprint density at radius 3 is 2.76 bits per heavy atom. The summed E-state index contributed by atoms with van der Waals surface area (Å²) in [4.78, 5) is 43.8. The van der Waals surface area contributed by atoms with Crippen molar-refractivity contribution in [3.8, 4) is 5.75 Å². The highest BCUT2D eigenvalue weighted by atomic mass is 16.5. The molecule has 1 aliphatic carbocycles. The summed E-state index contributed by atoms with van der Waals surface area (Å²) in [6, 6.07) is 3.94. The number of aromatic nitrogens is 6. The third-order valence-electron chi connectivity index (χ3n) is 7.62. The Morgan fingerprint density at radius 2 is 2.00 bits per heavy atom. The van der Waals surface area contributed by atoms with E-state index in [1.54, 1.807) is 14.2 Å². The second kappa shape index (κ2) is 9.39. The molecule has 2 aliphatic rings. The Morgan fingerprint density at radius 1 is 1.16 bits per heavy atom. The minimum Gasteiger partial charge on any atom is -0.497 e. The predicted molar refractivity (Wildman–Crippen MR) is 146 cm³/mol. The van der Waals surface area contributed by atoms with E-state index in [9.17, 15) is 9.59 Å². The van der Waals surface area contributed by atoms with E-state index in [0.717, 1.165) is 60.1 Å². The van der Waals surface area contributed by atoms with Crippen LogP contribution in [0.3, 0.4) is 0 Å². The monoisotopic (exact) mass is 516 g/mol. The number of hydrogen-bond acceptors (Lipinski definition) is 8. The number of nitrogens with zero attached hydrogens (tertiary/aromatic N) is 7. The van der Waals surface area contributed by atoms with Gasteiger partial charge in [-0.15, -0.1) is 0 Å². The molecule has 0 saturated carbocycles. The molecule has 38 heavy (non-hydrogen) atoms. The van der Waals surface area contributed by atoms with Crippen LogP contribution in [0.25, 0.3) is 22.1 Å². The van der Waals surface area contributed by atoms with Crippen molar-refractivity contribution in [3.05, 3.63) is 62.2 Å². The molecule has 2 N–H and O–H groups in total. The number of methoxy groups -OCH3 is 1. The van der Waals surface area contributed by atoms with Crippen LogP contribution >= 0.6 is 0 Å². The second-order valence-corrected chi connectivity index (χ2v) is 10.1. The highest BCUT2D eigenvalue weighted by Gasteiger charge is 2.27. The zero-order valence-corrected chi connectivity index (χ0v) is 22.0. The fourth-order valence-corrected chi connectivity index (χ4v) is 5.73. The molecule has 3 aromatic heterocycles. The molecule has 0 bridgehead atoms. The van der Waals surface area contributed by atoms with Crippen molar-refractivity contribution in [2.75, 3.05) is 25.1 Å². The number of nitrogens with two attached hydrogens (primary N) is 1. The zero-order chi connectivity index (χ0) is 26.6. The lowest BCUT2D eigenvalue weighted by atomic mass is 10.1. The van der Waals surface area contributed by atoms with Gasteiger partial charge in [0.15, 0.2) is 11.2 Å². The molecule has 1 aromatic carbocycles. The predicted octanol–water partition coefficient (Wildman–Crippen LogP) is 1.50. The first-order chi connectivity index (χ1) is 18.4. The maximum absolute atomic E-state index is 13.9. The molecule has 6 rings (SSSR count). The number of fused-ring (bicyclic) bond motifs is 1. The number of benzene rings is 1. The first-order valence-electron chi connectivity index (χ1n) is 13.1. The number of anilines is 1. The number of allylic oxidation sites excluding steroid dienone is 2. The summed E-state index contributed by atoms with van der Waals surface area (Å²) in [5.41, 5.74) is 9.01. The third kappa shape index (κ3) is 3.89. The standard InChI is InChI=1S/C27H32N8O3/c1-4-5-11-34-23-24(31-26(34)33-10-6-7-17(28)14-33)32(2)27(37)35(25(23)36)15-21-29-19-9-8-16-12-18(38-3)13-20(30-21)22(16)19/h4-5,12-13,17H,6-11,14-15,28H2,1-3H3. The highest BCUT2D eigenvalue weighted by molar-refractivity contribution is 5.88. The van der Waals surface area contributed by atoms with Gasteiger partial charge in [0.1, 0.15) is 11.6 Å². The van der Waals surface area contributed by atoms with Gasteiger partial charge < -0.3 is 19.9 Å². The Kier molecular flexibility index (Phi) is 6.02. The first-order valence-corrected chi connectivity index (χ1v) is 13.1. The normalized spacial score (nSPS) is 17.4. The molecule has 4 aromatic rings. The van der Waals surface area contributed by atoms with Crippen LogP contribution in [-0.2, 0) is 33.0 Å². The molecule has 11 nitrogen and oxygen atoms in total. The smallest absolute Gasteiger partial charge is 0.332 e. The van der Waals surface area contributed by atoms with Crippen molar-refractivity contribution in [1.29, 1.82) is 0 Å². The SMILES string of the molecule is CC=CCn1c(N2CCCC(N)C2)nc2c1c(=O)n(Cc1nc3c4c(cc(OC)cc4n1)CC3)c(=O)n2C. The number of imidazole rings is 1. The van der Waals surface area contributed by atoms with Gasteiger partial charge in [-0.05, 0) is 44.2 Å². The number of aryl methyl sites for hydroxylation is 3. The van der Waals surface area contributed by atoms with Gasteiger partial charge in [-0.1, -0.05) is 12.2 Å². The van der Waals surface area contributed by atoms with Crippen LogP contribution in [0.15, 0.2) is 33.9 Å². The molecular weight excluding hydrogens is 484 g/mol. The summed E-state index contributed by atoms with van der Waals surface area (Å²) in [7, 11) is 3.28. The molecule has 4 heterocycles. The summed E-state index contributed by atoms with van der Waals surface area (Å²) in [6.45, 7) is 3.82. The van der Waals surface area contributed by atoms with Crippen LogP contribution < -0.4 is 26.6 Å². The Balaban J connectivity index is 1.50. The van der Waals surface area contributed by atoms with Gasteiger partial charge in [0.25, 0.3) is 5.56 Å². The second-order valence-electron chi connectivity index (χ2n) is 10.1. The molecule has 1 aliphatic heterocycles. The van der Waals surface area contributed by atoms with Gasteiger partial charge in [0, 0.05) is 44.2 Å². The summed E-state index contributed by atoms with van der Waals surface area (Å²) in [5, 5.41) is 1.04. The molecular formula is C27H32N8O3. The minimum atomic E-state index is -0.452. The topological polar surface area (TPSA) is 126 Å². The number of piperidine rings is 1. The van der Waals surface area contributed by atoms with Crippen LogP contribution in [0.1, 0.15) is 36.8 Å². The van der Waals surface area contributed by atoms with E-state index in [1.807, 2.05) is 35.8 Å². The molecule has 0 spiro atoms. The van der Waals surface area contributed by atoms with Crippen LogP contribution in [-0.4, -0.2) is 54.9 Å². The number of ether oxygens (including phenoxy) is 1. The Bertz CT molecular complexity index is 1710. The molecule has 1 saturated heterocycles. The quantitative estimate of drug-likeness (QED) is 0.382. The lowest BCUT2D eigenvalue weighted by Gasteiger charge is -2.31. The van der Waals surface area contributed by atoms with E-state index in [4.69, 9.17) is 25.4 Å². The van der Waals surface area contributed by atoms with Crippen LogP contribution in [0.4, 0.5) is 5.95 Å². The summed E-state index contributed by atoms with van der Waals surface area (Å²) < 4.78 is 10.0. The van der Waals surface area contributed by atoms with Crippen molar-refractivity contribution in [3.63, 3.8) is 0 Å². The highest BCUT2D eigenvalue weighted by Crippen LogP contribution is 2.32. The van der Waals surface area contributed by atoms with Gasteiger partial charge in [-0.25, -0.2) is 14.8 Å². The van der Waals surface area contributed by atoms with Crippen molar-refractivity contribution in [2.24, 2.45) is 12.8 Å². The number of rotatable bonds is 6. The minimum absolute atomic E-state index is 0.0321. The maximum Gasteiger partial charge on any atom is 0.332 e. The van der Waals surface area contributed by atoms with Gasteiger partial charge in [-0.3, -0.25) is 13.9 Å². The molecule has 1 atom stereocenters. The van der Waals surface area contributed by atoms with Crippen molar-refractivity contribution in [2.45, 2.75) is 51.7 Å². The lowest BCUT2D eigenvalue weighted by Crippen LogP contribution is -2.44. The van der Waals surface area contributed by atoms with Crippen molar-refractivity contribution < 1.29 is 4.74 Å². The zero-order valence-electron chi connectivity index (χ0n) is 22.0.